The Bertz CT molecular complexity index is 807. The molecular weight excluding hydrogens is 382 g/mol. The number of hydrogen-bond donors (Lipinski definition) is 1. The van der Waals surface area contributed by atoms with E-state index in [1.807, 2.05) is 12.1 Å². The molecule has 1 aliphatic heterocycles. The second-order valence-corrected chi connectivity index (χ2v) is 8.69. The number of halogens is 1. The Morgan fingerprint density at radius 1 is 1.15 bits per heavy atom. The number of fused-ring (bicyclic) bond motifs is 1. The summed E-state index contributed by atoms with van der Waals surface area (Å²) in [6.45, 7) is 0.881. The predicted octanol–water partition coefficient (Wildman–Crippen LogP) is 3.59. The molecule has 6 nitrogen and oxygen atoms in total. The second-order valence-electron chi connectivity index (χ2n) is 7.31. The first kappa shape index (κ1) is 18.6. The van der Waals surface area contributed by atoms with Gasteiger partial charge < -0.3 is 10.7 Å². The first-order chi connectivity index (χ1) is 13.1. The standard InChI is InChI=1S/C19H24ClN5OS/c20-15-9-7-14(8-10-15)18-22-23-19(25(18)21)27-12-17(26)24-11-3-5-13-4-1-2-6-16(13)24/h7-10,13,16H,1-6,11-12,21H2/t13-,16+/m1/s1. The summed E-state index contributed by atoms with van der Waals surface area (Å²) in [5.74, 6) is 7.94. The lowest BCUT2D eigenvalue weighted by molar-refractivity contribution is -0.134. The quantitative estimate of drug-likeness (QED) is 0.621. The van der Waals surface area contributed by atoms with Gasteiger partial charge in [0.1, 0.15) is 0 Å². The molecule has 2 fully saturated rings. The molecule has 0 radical (unpaired) electrons. The molecule has 0 spiro atoms. The molecule has 27 heavy (non-hydrogen) atoms. The van der Waals surface area contributed by atoms with Crippen molar-refractivity contribution in [2.45, 2.75) is 49.7 Å². The molecule has 2 aliphatic rings. The fraction of sp³-hybridized carbons (Fsp3) is 0.526. The van der Waals surface area contributed by atoms with Crippen LogP contribution in [-0.4, -0.2) is 44.0 Å². The van der Waals surface area contributed by atoms with Crippen LogP contribution in [0.1, 0.15) is 38.5 Å². The van der Waals surface area contributed by atoms with Crippen LogP contribution in [0.25, 0.3) is 11.4 Å². The van der Waals surface area contributed by atoms with Gasteiger partial charge in [-0.1, -0.05) is 36.2 Å². The zero-order valence-corrected chi connectivity index (χ0v) is 16.8. The summed E-state index contributed by atoms with van der Waals surface area (Å²) in [7, 11) is 0. The highest BCUT2D eigenvalue weighted by Gasteiger charge is 2.35. The molecular formula is C19H24ClN5OS. The van der Waals surface area contributed by atoms with Crippen LogP contribution in [0.15, 0.2) is 29.4 Å². The molecule has 1 amide bonds. The number of carbonyl (C=O) groups excluding carboxylic acids is 1. The molecule has 1 saturated heterocycles. The van der Waals surface area contributed by atoms with Crippen molar-refractivity contribution in [2.24, 2.45) is 5.92 Å². The fourth-order valence-electron chi connectivity index (χ4n) is 4.31. The lowest BCUT2D eigenvalue weighted by Crippen LogP contribution is -2.50. The molecule has 1 aliphatic carbocycles. The van der Waals surface area contributed by atoms with E-state index >= 15 is 0 Å². The smallest absolute Gasteiger partial charge is 0.233 e. The van der Waals surface area contributed by atoms with E-state index in [1.165, 1.54) is 42.1 Å². The monoisotopic (exact) mass is 405 g/mol. The summed E-state index contributed by atoms with van der Waals surface area (Å²) in [5, 5.41) is 9.53. The normalized spacial score (nSPS) is 22.5. The first-order valence-corrected chi connectivity index (χ1v) is 10.9. The van der Waals surface area contributed by atoms with Crippen LogP contribution in [0.5, 0.6) is 0 Å². The number of hydrogen-bond acceptors (Lipinski definition) is 5. The predicted molar refractivity (Wildman–Crippen MR) is 108 cm³/mol. The van der Waals surface area contributed by atoms with Gasteiger partial charge in [0.25, 0.3) is 0 Å². The Morgan fingerprint density at radius 3 is 2.70 bits per heavy atom. The number of aromatic nitrogens is 3. The van der Waals surface area contributed by atoms with E-state index in [1.54, 1.807) is 12.1 Å². The zero-order valence-electron chi connectivity index (χ0n) is 15.2. The Hall–Kier alpha value is -1.73. The summed E-state index contributed by atoms with van der Waals surface area (Å²) in [6.07, 6.45) is 7.34. The van der Waals surface area contributed by atoms with Gasteiger partial charge >= 0.3 is 0 Å². The van der Waals surface area contributed by atoms with Gasteiger partial charge in [0.15, 0.2) is 5.82 Å². The van der Waals surface area contributed by atoms with Gasteiger partial charge in [0.2, 0.25) is 11.1 Å². The number of nitrogens with two attached hydrogens (primary N) is 1. The van der Waals surface area contributed by atoms with Crippen molar-refractivity contribution in [3.8, 4) is 11.4 Å². The first-order valence-electron chi connectivity index (χ1n) is 9.52. The number of carbonyl (C=O) groups is 1. The SMILES string of the molecule is Nn1c(SCC(=O)N2CCC[C@H]3CCCC[C@@H]32)nnc1-c1ccc(Cl)cc1. The van der Waals surface area contributed by atoms with Crippen LogP contribution < -0.4 is 5.84 Å². The zero-order chi connectivity index (χ0) is 18.8. The van der Waals surface area contributed by atoms with E-state index in [2.05, 4.69) is 15.1 Å². The van der Waals surface area contributed by atoms with Gasteiger partial charge in [-0.15, -0.1) is 10.2 Å². The molecule has 1 aromatic heterocycles. The van der Waals surface area contributed by atoms with Gasteiger partial charge in [0.05, 0.1) is 5.75 Å². The Labute approximate surface area is 168 Å². The average Bonchev–Trinajstić information content (AvgIpc) is 3.07. The van der Waals surface area contributed by atoms with Crippen LogP contribution in [0.2, 0.25) is 5.02 Å². The number of benzene rings is 1. The number of amides is 1. The number of likely N-dealkylation sites (tertiary alicyclic amines) is 1. The van der Waals surface area contributed by atoms with E-state index in [9.17, 15) is 4.79 Å². The van der Waals surface area contributed by atoms with Crippen molar-refractivity contribution in [3.05, 3.63) is 29.3 Å². The molecule has 144 valence electrons. The second kappa shape index (κ2) is 8.10. The van der Waals surface area contributed by atoms with Crippen molar-refractivity contribution in [2.75, 3.05) is 18.1 Å². The molecule has 1 saturated carbocycles. The van der Waals surface area contributed by atoms with E-state index in [0.29, 0.717) is 33.7 Å². The third kappa shape index (κ3) is 3.94. The number of thioether (sulfide) groups is 1. The summed E-state index contributed by atoms with van der Waals surface area (Å²) >= 11 is 7.28. The van der Waals surface area contributed by atoms with Crippen molar-refractivity contribution in [3.63, 3.8) is 0 Å². The maximum Gasteiger partial charge on any atom is 0.233 e. The van der Waals surface area contributed by atoms with Crippen LogP contribution in [0.3, 0.4) is 0 Å². The molecule has 2 heterocycles. The lowest BCUT2D eigenvalue weighted by Gasteiger charge is -2.44. The van der Waals surface area contributed by atoms with Gasteiger partial charge in [-0.25, -0.2) is 4.68 Å². The molecule has 1 aromatic carbocycles. The molecule has 2 atom stereocenters. The average molecular weight is 406 g/mol. The highest BCUT2D eigenvalue weighted by atomic mass is 35.5. The van der Waals surface area contributed by atoms with Gasteiger partial charge in [0, 0.05) is 23.2 Å². The maximum atomic E-state index is 12.8. The van der Waals surface area contributed by atoms with E-state index in [4.69, 9.17) is 17.4 Å². The van der Waals surface area contributed by atoms with E-state index in [0.717, 1.165) is 24.9 Å². The Morgan fingerprint density at radius 2 is 1.89 bits per heavy atom. The number of nitrogens with zero attached hydrogens (tertiary/aromatic N) is 4. The number of nitrogen functional groups attached to an aromatic ring is 1. The minimum Gasteiger partial charge on any atom is -0.339 e. The van der Waals surface area contributed by atoms with Crippen LogP contribution in [0.4, 0.5) is 0 Å². The third-order valence-corrected chi connectivity index (χ3v) is 6.84. The molecule has 8 heteroatoms. The van der Waals surface area contributed by atoms with E-state index < -0.39 is 0 Å². The van der Waals surface area contributed by atoms with Crippen LogP contribution >= 0.6 is 23.4 Å². The van der Waals surface area contributed by atoms with Gasteiger partial charge in [-0.05, 0) is 55.9 Å². The molecule has 4 rings (SSSR count). The minimum atomic E-state index is 0.188. The van der Waals surface area contributed by atoms with Crippen LogP contribution in [0, 0.1) is 5.92 Å². The minimum absolute atomic E-state index is 0.188. The van der Waals surface area contributed by atoms with Gasteiger partial charge in [-0.3, -0.25) is 4.79 Å². The molecule has 2 aromatic rings. The summed E-state index contributed by atoms with van der Waals surface area (Å²) in [5.41, 5.74) is 0.841. The number of piperidine rings is 1. The molecule has 2 N–H and O–H groups in total. The van der Waals surface area contributed by atoms with E-state index in [-0.39, 0.29) is 5.91 Å². The molecule has 0 unspecified atom stereocenters. The highest BCUT2D eigenvalue weighted by Crippen LogP contribution is 2.35. The highest BCUT2D eigenvalue weighted by molar-refractivity contribution is 7.99. The topological polar surface area (TPSA) is 77.0 Å². The van der Waals surface area contributed by atoms with Crippen molar-refractivity contribution in [1.82, 2.24) is 19.8 Å². The molecule has 0 bridgehead atoms. The summed E-state index contributed by atoms with van der Waals surface area (Å²) in [6, 6.07) is 7.72. The Balaban J connectivity index is 1.41. The maximum absolute atomic E-state index is 12.8. The summed E-state index contributed by atoms with van der Waals surface area (Å²) < 4.78 is 1.45. The largest absolute Gasteiger partial charge is 0.339 e. The third-order valence-electron chi connectivity index (χ3n) is 5.66. The van der Waals surface area contributed by atoms with Crippen LogP contribution in [-0.2, 0) is 4.79 Å². The van der Waals surface area contributed by atoms with Gasteiger partial charge in [-0.2, -0.15) is 0 Å². The Kier molecular flexibility index (Phi) is 5.59. The number of rotatable bonds is 4. The van der Waals surface area contributed by atoms with Crippen molar-refractivity contribution >= 4 is 29.3 Å². The lowest BCUT2D eigenvalue weighted by atomic mass is 9.78. The fourth-order valence-corrected chi connectivity index (χ4v) is 5.18. The summed E-state index contributed by atoms with van der Waals surface area (Å²) in [4.78, 5) is 15.0. The van der Waals surface area contributed by atoms with Crippen molar-refractivity contribution < 1.29 is 4.79 Å². The van der Waals surface area contributed by atoms with Crippen molar-refractivity contribution in [1.29, 1.82) is 0 Å².